The average Bonchev–Trinajstić information content (AvgIpc) is 2.76. The molecule has 2 atom stereocenters. The number of hydrogen-bond acceptors (Lipinski definition) is 6. The van der Waals surface area contributed by atoms with E-state index in [1.165, 1.54) is 0 Å². The van der Waals surface area contributed by atoms with Crippen molar-refractivity contribution in [3.63, 3.8) is 0 Å². The van der Waals surface area contributed by atoms with E-state index in [0.717, 1.165) is 18.2 Å². The van der Waals surface area contributed by atoms with Crippen LogP contribution in [0.15, 0.2) is 60.7 Å². The first kappa shape index (κ1) is 21.9. The van der Waals surface area contributed by atoms with Gasteiger partial charge in [0.1, 0.15) is 12.6 Å². The highest BCUT2D eigenvalue weighted by molar-refractivity contribution is 5.89. The van der Waals surface area contributed by atoms with Crippen LogP contribution in [-0.2, 0) is 32.1 Å². The lowest BCUT2D eigenvalue weighted by molar-refractivity contribution is -0.146. The van der Waals surface area contributed by atoms with Crippen molar-refractivity contribution in [2.45, 2.75) is 25.1 Å². The molecule has 0 spiro atoms. The number of alkyl carbamates (subject to hydrolysis) is 1. The Bertz CT molecular complexity index is 797. The molecule has 0 aromatic heterocycles. The van der Waals surface area contributed by atoms with Crippen molar-refractivity contribution in [2.24, 2.45) is 0 Å². The Morgan fingerprint density at radius 3 is 2.03 bits per heavy atom. The lowest BCUT2D eigenvalue weighted by atomic mass is 10.1. The average molecular weight is 400 g/mol. The standard InChI is InChI=1S/C21H24N2O6/c1-28-20(26)18(13-24)22-19(25)17(12-15-8-4-2-5-9-15)23-21(27)29-14-16-10-6-3-7-11-16/h2-11,17-18,24H,12-14H2,1H3,(H,22,25)(H,23,27). The van der Waals surface area contributed by atoms with Crippen LogP contribution < -0.4 is 10.6 Å². The maximum absolute atomic E-state index is 12.6. The third-order valence-electron chi connectivity index (χ3n) is 4.09. The fourth-order valence-corrected chi connectivity index (χ4v) is 2.56. The van der Waals surface area contributed by atoms with Gasteiger partial charge in [-0.05, 0) is 11.1 Å². The monoisotopic (exact) mass is 400 g/mol. The Kier molecular flexibility index (Phi) is 8.65. The van der Waals surface area contributed by atoms with E-state index in [1.54, 1.807) is 12.1 Å². The molecular formula is C21H24N2O6. The fourth-order valence-electron chi connectivity index (χ4n) is 2.56. The minimum Gasteiger partial charge on any atom is -0.467 e. The first-order chi connectivity index (χ1) is 14.0. The molecule has 2 amide bonds. The highest BCUT2D eigenvalue weighted by atomic mass is 16.5. The van der Waals surface area contributed by atoms with Gasteiger partial charge >= 0.3 is 12.1 Å². The number of amides is 2. The van der Waals surface area contributed by atoms with Gasteiger partial charge < -0.3 is 25.2 Å². The van der Waals surface area contributed by atoms with Gasteiger partial charge in [0.15, 0.2) is 6.04 Å². The maximum Gasteiger partial charge on any atom is 0.408 e. The number of esters is 1. The van der Waals surface area contributed by atoms with Gasteiger partial charge in [-0.15, -0.1) is 0 Å². The molecule has 0 radical (unpaired) electrons. The smallest absolute Gasteiger partial charge is 0.408 e. The van der Waals surface area contributed by atoms with Gasteiger partial charge in [0.05, 0.1) is 13.7 Å². The highest BCUT2D eigenvalue weighted by Crippen LogP contribution is 2.06. The largest absolute Gasteiger partial charge is 0.467 e. The van der Waals surface area contributed by atoms with Crippen LogP contribution in [0.5, 0.6) is 0 Å². The third kappa shape index (κ3) is 7.27. The van der Waals surface area contributed by atoms with Crippen LogP contribution in [0.4, 0.5) is 4.79 Å². The summed E-state index contributed by atoms with van der Waals surface area (Å²) in [5.41, 5.74) is 1.60. The molecule has 2 aromatic rings. The van der Waals surface area contributed by atoms with Crippen LogP contribution in [0, 0.1) is 0 Å². The van der Waals surface area contributed by atoms with E-state index >= 15 is 0 Å². The van der Waals surface area contributed by atoms with E-state index in [0.29, 0.717) is 0 Å². The van der Waals surface area contributed by atoms with Crippen LogP contribution in [0.1, 0.15) is 11.1 Å². The molecule has 2 unspecified atom stereocenters. The zero-order chi connectivity index (χ0) is 21.1. The number of methoxy groups -OCH3 is 1. The molecule has 0 aliphatic heterocycles. The Labute approximate surface area is 168 Å². The van der Waals surface area contributed by atoms with Gasteiger partial charge in [-0.1, -0.05) is 60.7 Å². The summed E-state index contributed by atoms with van der Waals surface area (Å²) in [6, 6.07) is 15.9. The lowest BCUT2D eigenvalue weighted by Crippen LogP contribution is -2.53. The fraction of sp³-hybridized carbons (Fsp3) is 0.286. The molecule has 154 valence electrons. The van der Waals surface area contributed by atoms with Crippen LogP contribution in [-0.4, -0.2) is 48.9 Å². The molecule has 0 aliphatic rings. The van der Waals surface area contributed by atoms with Crippen LogP contribution in [0.2, 0.25) is 0 Å². The van der Waals surface area contributed by atoms with Gasteiger partial charge in [0, 0.05) is 6.42 Å². The minimum absolute atomic E-state index is 0.0494. The van der Waals surface area contributed by atoms with Gasteiger partial charge in [-0.2, -0.15) is 0 Å². The van der Waals surface area contributed by atoms with Crippen molar-refractivity contribution < 1.29 is 29.0 Å². The van der Waals surface area contributed by atoms with Gasteiger partial charge in [-0.25, -0.2) is 9.59 Å². The molecule has 0 bridgehead atoms. The number of aliphatic hydroxyl groups excluding tert-OH is 1. The first-order valence-corrected chi connectivity index (χ1v) is 9.03. The molecule has 2 rings (SSSR count). The van der Waals surface area contributed by atoms with E-state index < -0.39 is 36.7 Å². The van der Waals surface area contributed by atoms with E-state index in [2.05, 4.69) is 15.4 Å². The Morgan fingerprint density at radius 1 is 0.897 bits per heavy atom. The molecule has 8 heteroatoms. The van der Waals surface area contributed by atoms with Gasteiger partial charge in [-0.3, -0.25) is 4.79 Å². The number of hydrogen-bond donors (Lipinski definition) is 3. The second kappa shape index (κ2) is 11.5. The van der Waals surface area contributed by atoms with Crippen molar-refractivity contribution in [3.05, 3.63) is 71.8 Å². The first-order valence-electron chi connectivity index (χ1n) is 9.03. The summed E-state index contributed by atoms with van der Waals surface area (Å²) < 4.78 is 9.72. The lowest BCUT2D eigenvalue weighted by Gasteiger charge is -2.21. The predicted molar refractivity (Wildman–Crippen MR) is 105 cm³/mol. The van der Waals surface area contributed by atoms with E-state index in [1.807, 2.05) is 48.5 Å². The minimum atomic E-state index is -1.23. The van der Waals surface area contributed by atoms with Crippen molar-refractivity contribution in [1.82, 2.24) is 10.6 Å². The number of carbonyl (C=O) groups excluding carboxylic acids is 3. The summed E-state index contributed by atoms with van der Waals surface area (Å²) in [4.78, 5) is 36.5. The second-order valence-electron chi connectivity index (χ2n) is 6.22. The summed E-state index contributed by atoms with van der Waals surface area (Å²) in [5.74, 6) is -1.43. The molecule has 3 N–H and O–H groups in total. The molecule has 0 saturated carbocycles. The maximum atomic E-state index is 12.6. The molecular weight excluding hydrogens is 376 g/mol. The number of rotatable bonds is 9. The molecule has 29 heavy (non-hydrogen) atoms. The third-order valence-corrected chi connectivity index (χ3v) is 4.09. The molecule has 0 aliphatic carbocycles. The van der Waals surface area contributed by atoms with E-state index in [-0.39, 0.29) is 13.0 Å². The summed E-state index contributed by atoms with van der Waals surface area (Å²) in [6.07, 6.45) is -0.601. The van der Waals surface area contributed by atoms with Gasteiger partial charge in [0.2, 0.25) is 5.91 Å². The zero-order valence-corrected chi connectivity index (χ0v) is 16.0. The van der Waals surface area contributed by atoms with Crippen molar-refractivity contribution in [3.8, 4) is 0 Å². The van der Waals surface area contributed by atoms with E-state index in [9.17, 15) is 19.5 Å². The predicted octanol–water partition coefficient (Wildman–Crippen LogP) is 1.17. The van der Waals surface area contributed by atoms with Crippen LogP contribution >= 0.6 is 0 Å². The Morgan fingerprint density at radius 2 is 1.48 bits per heavy atom. The van der Waals surface area contributed by atoms with Gasteiger partial charge in [0.25, 0.3) is 0 Å². The number of ether oxygens (including phenoxy) is 2. The molecule has 0 fully saturated rings. The molecule has 0 saturated heterocycles. The molecule has 2 aromatic carbocycles. The number of carbonyl (C=O) groups is 3. The summed E-state index contributed by atoms with van der Waals surface area (Å²) in [5, 5.41) is 14.2. The molecule has 8 nitrogen and oxygen atoms in total. The number of benzene rings is 2. The SMILES string of the molecule is COC(=O)C(CO)NC(=O)C(Cc1ccccc1)NC(=O)OCc1ccccc1. The van der Waals surface area contributed by atoms with Crippen LogP contribution in [0.3, 0.4) is 0 Å². The van der Waals surface area contributed by atoms with Crippen molar-refractivity contribution in [2.75, 3.05) is 13.7 Å². The summed E-state index contributed by atoms with van der Waals surface area (Å²) in [7, 11) is 1.15. The Balaban J connectivity index is 2.04. The van der Waals surface area contributed by atoms with Crippen LogP contribution in [0.25, 0.3) is 0 Å². The number of nitrogens with one attached hydrogen (secondary N) is 2. The number of aliphatic hydroxyl groups is 1. The topological polar surface area (TPSA) is 114 Å². The molecule has 0 heterocycles. The summed E-state index contributed by atoms with van der Waals surface area (Å²) >= 11 is 0. The second-order valence-corrected chi connectivity index (χ2v) is 6.22. The zero-order valence-electron chi connectivity index (χ0n) is 16.0. The van der Waals surface area contributed by atoms with E-state index in [4.69, 9.17) is 4.74 Å². The highest BCUT2D eigenvalue weighted by Gasteiger charge is 2.27. The normalized spacial score (nSPS) is 12.3. The summed E-state index contributed by atoms with van der Waals surface area (Å²) in [6.45, 7) is -0.581. The Hall–Kier alpha value is -3.39. The van der Waals surface area contributed by atoms with Crippen molar-refractivity contribution >= 4 is 18.0 Å². The quantitative estimate of drug-likeness (QED) is 0.545. The van der Waals surface area contributed by atoms with Crippen molar-refractivity contribution in [1.29, 1.82) is 0 Å².